The highest BCUT2D eigenvalue weighted by Gasteiger charge is 2.17. The summed E-state index contributed by atoms with van der Waals surface area (Å²) < 4.78 is 21.4. The quantitative estimate of drug-likeness (QED) is 0.527. The maximum Gasteiger partial charge on any atom is 0.262 e. The van der Waals surface area contributed by atoms with Crippen molar-refractivity contribution in [2.75, 3.05) is 38.6 Å². The molecule has 0 fully saturated rings. The van der Waals surface area contributed by atoms with Crippen LogP contribution in [0.2, 0.25) is 0 Å². The third-order valence-corrected chi connectivity index (χ3v) is 4.45. The first-order chi connectivity index (χ1) is 15.5. The van der Waals surface area contributed by atoms with E-state index < -0.39 is 0 Å². The molecule has 0 saturated heterocycles. The average molecular weight is 436 g/mol. The summed E-state index contributed by atoms with van der Waals surface area (Å²) in [6, 6.07) is 19.0. The lowest BCUT2D eigenvalue weighted by atomic mass is 10.1. The van der Waals surface area contributed by atoms with Gasteiger partial charge in [-0.1, -0.05) is 24.3 Å². The molecule has 2 amide bonds. The number of carbonyl (C=O) groups is 2. The fraction of sp³-hybridized carbons (Fsp3) is 0.167. The predicted octanol–water partition coefficient (Wildman–Crippen LogP) is 3.98. The normalized spacial score (nSPS) is 10.1. The molecule has 0 saturated carbocycles. The molecule has 3 aromatic carbocycles. The largest absolute Gasteiger partial charge is 0.493 e. The summed E-state index contributed by atoms with van der Waals surface area (Å²) in [6.45, 7) is -0.167. The molecule has 3 aromatic rings. The van der Waals surface area contributed by atoms with Gasteiger partial charge in [-0.25, -0.2) is 0 Å². The second kappa shape index (κ2) is 10.7. The van der Waals surface area contributed by atoms with E-state index in [-0.39, 0.29) is 18.4 Å². The molecule has 2 N–H and O–H groups in total. The van der Waals surface area contributed by atoms with E-state index in [1.54, 1.807) is 48.5 Å². The van der Waals surface area contributed by atoms with E-state index in [4.69, 9.17) is 18.9 Å². The predicted molar refractivity (Wildman–Crippen MR) is 121 cm³/mol. The maximum absolute atomic E-state index is 12.8. The number of benzene rings is 3. The standard InChI is InChI=1S/C24H24N2O6/c1-29-20-12-16(13-21(30-2)23(20)31-3)24(28)26-18-10-7-11-19(14-18)32-15-22(27)25-17-8-5-4-6-9-17/h4-14H,15H2,1-3H3,(H,25,27)(H,26,28). The van der Waals surface area contributed by atoms with Gasteiger partial charge in [0.25, 0.3) is 11.8 Å². The number of hydrogen-bond donors (Lipinski definition) is 2. The highest BCUT2D eigenvalue weighted by molar-refractivity contribution is 6.05. The Hall–Kier alpha value is -4.20. The van der Waals surface area contributed by atoms with Gasteiger partial charge in [-0.2, -0.15) is 0 Å². The van der Waals surface area contributed by atoms with Gasteiger partial charge in [0.1, 0.15) is 5.75 Å². The number of methoxy groups -OCH3 is 3. The molecule has 0 aromatic heterocycles. The zero-order valence-electron chi connectivity index (χ0n) is 18.0. The third kappa shape index (κ3) is 5.69. The summed E-state index contributed by atoms with van der Waals surface area (Å²) in [4.78, 5) is 24.8. The Morgan fingerprint density at radius 3 is 2.03 bits per heavy atom. The molecule has 8 nitrogen and oxygen atoms in total. The summed E-state index contributed by atoms with van der Waals surface area (Å²) >= 11 is 0. The lowest BCUT2D eigenvalue weighted by molar-refractivity contribution is -0.118. The Kier molecular flexibility index (Phi) is 7.53. The van der Waals surface area contributed by atoms with Crippen molar-refractivity contribution in [3.8, 4) is 23.0 Å². The lowest BCUT2D eigenvalue weighted by Gasteiger charge is -2.14. The summed E-state index contributed by atoms with van der Waals surface area (Å²) in [6.07, 6.45) is 0. The van der Waals surface area contributed by atoms with Gasteiger partial charge in [0.2, 0.25) is 5.75 Å². The molecule has 0 aliphatic heterocycles. The van der Waals surface area contributed by atoms with Crippen molar-refractivity contribution in [3.05, 3.63) is 72.3 Å². The van der Waals surface area contributed by atoms with Crippen LogP contribution in [0.25, 0.3) is 0 Å². The van der Waals surface area contributed by atoms with Crippen LogP contribution in [-0.4, -0.2) is 39.8 Å². The van der Waals surface area contributed by atoms with Crippen LogP contribution < -0.4 is 29.6 Å². The smallest absolute Gasteiger partial charge is 0.262 e. The Balaban J connectivity index is 1.65. The molecule has 0 radical (unpaired) electrons. The monoisotopic (exact) mass is 436 g/mol. The van der Waals surface area contributed by atoms with E-state index in [0.717, 1.165) is 0 Å². The Morgan fingerprint density at radius 1 is 0.750 bits per heavy atom. The Bertz CT molecular complexity index is 1060. The van der Waals surface area contributed by atoms with Crippen LogP contribution in [0.3, 0.4) is 0 Å². The summed E-state index contributed by atoms with van der Waals surface area (Å²) in [7, 11) is 4.45. The molecule has 32 heavy (non-hydrogen) atoms. The molecular weight excluding hydrogens is 412 g/mol. The number of anilines is 2. The molecule has 0 spiro atoms. The van der Waals surface area contributed by atoms with Gasteiger partial charge in [-0.3, -0.25) is 9.59 Å². The van der Waals surface area contributed by atoms with E-state index in [2.05, 4.69) is 10.6 Å². The minimum atomic E-state index is -0.372. The SMILES string of the molecule is COc1cc(C(=O)Nc2cccc(OCC(=O)Nc3ccccc3)c2)cc(OC)c1OC. The summed E-state index contributed by atoms with van der Waals surface area (Å²) in [5.41, 5.74) is 1.52. The van der Waals surface area contributed by atoms with Crippen molar-refractivity contribution in [1.29, 1.82) is 0 Å². The van der Waals surface area contributed by atoms with Crippen molar-refractivity contribution in [2.45, 2.75) is 0 Å². The molecule has 3 rings (SSSR count). The molecule has 0 aliphatic carbocycles. The van der Waals surface area contributed by atoms with Crippen LogP contribution >= 0.6 is 0 Å². The van der Waals surface area contributed by atoms with Crippen molar-refractivity contribution in [3.63, 3.8) is 0 Å². The van der Waals surface area contributed by atoms with Crippen molar-refractivity contribution in [1.82, 2.24) is 0 Å². The van der Waals surface area contributed by atoms with Crippen LogP contribution in [0, 0.1) is 0 Å². The first-order valence-electron chi connectivity index (χ1n) is 9.73. The number of carbonyl (C=O) groups excluding carboxylic acids is 2. The Morgan fingerprint density at radius 2 is 1.41 bits per heavy atom. The molecular formula is C24H24N2O6. The van der Waals surface area contributed by atoms with Crippen LogP contribution in [-0.2, 0) is 4.79 Å². The number of para-hydroxylation sites is 1. The van der Waals surface area contributed by atoms with Crippen molar-refractivity contribution < 1.29 is 28.5 Å². The summed E-state index contributed by atoms with van der Waals surface area (Å²) in [5, 5.41) is 5.54. The Labute approximate surface area is 186 Å². The van der Waals surface area contributed by atoms with Gasteiger partial charge < -0.3 is 29.6 Å². The summed E-state index contributed by atoms with van der Waals surface area (Å²) in [5.74, 6) is 0.926. The van der Waals surface area contributed by atoms with Crippen LogP contribution in [0.1, 0.15) is 10.4 Å². The van der Waals surface area contributed by atoms with E-state index in [9.17, 15) is 9.59 Å². The van der Waals surface area contributed by atoms with Crippen molar-refractivity contribution in [2.24, 2.45) is 0 Å². The van der Waals surface area contributed by atoms with Crippen LogP contribution in [0.4, 0.5) is 11.4 Å². The topological polar surface area (TPSA) is 95.1 Å². The van der Waals surface area contributed by atoms with E-state index in [1.807, 2.05) is 18.2 Å². The fourth-order valence-corrected chi connectivity index (χ4v) is 2.95. The highest BCUT2D eigenvalue weighted by atomic mass is 16.5. The number of hydrogen-bond acceptors (Lipinski definition) is 6. The number of rotatable bonds is 9. The van der Waals surface area contributed by atoms with Gasteiger partial charge in [0.15, 0.2) is 18.1 Å². The first kappa shape index (κ1) is 22.5. The van der Waals surface area contributed by atoms with Gasteiger partial charge in [0, 0.05) is 23.0 Å². The maximum atomic E-state index is 12.8. The molecule has 0 unspecified atom stereocenters. The molecule has 0 atom stereocenters. The lowest BCUT2D eigenvalue weighted by Crippen LogP contribution is -2.20. The fourth-order valence-electron chi connectivity index (χ4n) is 2.95. The minimum Gasteiger partial charge on any atom is -0.493 e. The second-order valence-electron chi connectivity index (χ2n) is 6.60. The van der Waals surface area contributed by atoms with Crippen LogP contribution in [0.15, 0.2) is 66.7 Å². The molecule has 8 heteroatoms. The zero-order chi connectivity index (χ0) is 22.9. The molecule has 0 bridgehead atoms. The van der Waals surface area contributed by atoms with Gasteiger partial charge in [0.05, 0.1) is 21.3 Å². The zero-order valence-corrected chi connectivity index (χ0v) is 18.0. The molecule has 0 heterocycles. The minimum absolute atomic E-state index is 0.167. The number of nitrogens with one attached hydrogen (secondary N) is 2. The average Bonchev–Trinajstić information content (AvgIpc) is 2.82. The van der Waals surface area contributed by atoms with Crippen LogP contribution in [0.5, 0.6) is 23.0 Å². The van der Waals surface area contributed by atoms with E-state index >= 15 is 0 Å². The van der Waals surface area contributed by atoms with Crippen molar-refractivity contribution >= 4 is 23.2 Å². The van der Waals surface area contributed by atoms with Gasteiger partial charge in [-0.05, 0) is 36.4 Å². The van der Waals surface area contributed by atoms with E-state index in [0.29, 0.717) is 39.9 Å². The highest BCUT2D eigenvalue weighted by Crippen LogP contribution is 2.38. The van der Waals surface area contributed by atoms with E-state index in [1.165, 1.54) is 21.3 Å². The molecule has 0 aliphatic rings. The number of amides is 2. The second-order valence-corrected chi connectivity index (χ2v) is 6.60. The molecule has 166 valence electrons. The third-order valence-electron chi connectivity index (χ3n) is 4.45. The van der Waals surface area contributed by atoms with Gasteiger partial charge in [-0.15, -0.1) is 0 Å². The number of ether oxygens (including phenoxy) is 4. The van der Waals surface area contributed by atoms with Gasteiger partial charge >= 0.3 is 0 Å². The first-order valence-corrected chi connectivity index (χ1v) is 9.73.